The fourth-order valence-electron chi connectivity index (χ4n) is 6.88. The van der Waals surface area contributed by atoms with Crippen LogP contribution in [0.15, 0.2) is 84.9 Å². The highest BCUT2D eigenvalue weighted by Crippen LogP contribution is 2.53. The number of hydrogen-bond donors (Lipinski definition) is 1. The SMILES string of the molecule is COc1cccc(OC)c1C1c2c(OC)cccc2[NH+](C2CCCC2OCc2ccccc2)c2cccc(OC)c21. The summed E-state index contributed by atoms with van der Waals surface area (Å²) in [5.74, 6) is 2.95. The maximum atomic E-state index is 6.66. The lowest BCUT2D eigenvalue weighted by Gasteiger charge is -2.39. The van der Waals surface area contributed by atoms with Crippen LogP contribution >= 0.6 is 0 Å². The zero-order chi connectivity index (χ0) is 28.3. The van der Waals surface area contributed by atoms with Gasteiger partial charge in [-0.15, -0.1) is 0 Å². The predicted octanol–water partition coefficient (Wildman–Crippen LogP) is 6.20. The van der Waals surface area contributed by atoms with E-state index in [1.165, 1.54) is 21.8 Å². The quantitative estimate of drug-likeness (QED) is 0.268. The molecule has 6 rings (SSSR count). The normalized spacial score (nSPS) is 21.1. The van der Waals surface area contributed by atoms with E-state index in [1.807, 2.05) is 36.4 Å². The van der Waals surface area contributed by atoms with Gasteiger partial charge in [0.1, 0.15) is 46.5 Å². The van der Waals surface area contributed by atoms with Gasteiger partial charge in [-0.3, -0.25) is 4.90 Å². The average molecular weight is 553 g/mol. The first-order chi connectivity index (χ1) is 20.2. The highest BCUT2D eigenvalue weighted by atomic mass is 16.5. The third-order valence-electron chi connectivity index (χ3n) is 8.61. The van der Waals surface area contributed by atoms with Gasteiger partial charge >= 0.3 is 0 Å². The van der Waals surface area contributed by atoms with Crippen molar-refractivity contribution in [2.24, 2.45) is 0 Å². The molecule has 1 fully saturated rings. The van der Waals surface area contributed by atoms with Crippen molar-refractivity contribution in [2.75, 3.05) is 28.4 Å². The minimum absolute atomic E-state index is 0.112. The zero-order valence-electron chi connectivity index (χ0n) is 24.2. The van der Waals surface area contributed by atoms with Crippen LogP contribution in [0.2, 0.25) is 0 Å². The summed E-state index contributed by atoms with van der Waals surface area (Å²) in [7, 11) is 6.89. The Bertz CT molecular complexity index is 1430. The van der Waals surface area contributed by atoms with Crippen LogP contribution < -0.4 is 23.8 Å². The molecule has 6 heteroatoms. The van der Waals surface area contributed by atoms with Crippen molar-refractivity contribution in [1.29, 1.82) is 0 Å². The molecule has 4 aromatic rings. The second-order valence-electron chi connectivity index (χ2n) is 10.6. The standard InChI is InChI=1S/C35H37NO5/c1-37-28-18-9-15-25-32(28)35(34-30(39-3)20-11-21-31(34)40-4)33-26(16-10-19-29(33)38-2)36(25)24-14-8-17-27(24)41-22-23-12-6-5-7-13-23/h5-7,9-13,15-16,18-21,24,27,35H,8,14,17,22H2,1-4H3/p+1. The Morgan fingerprint density at radius 3 is 1.63 bits per heavy atom. The smallest absolute Gasteiger partial charge is 0.144 e. The lowest BCUT2D eigenvalue weighted by Crippen LogP contribution is -3.08. The van der Waals surface area contributed by atoms with Crippen LogP contribution in [0, 0.1) is 0 Å². The number of methoxy groups -OCH3 is 4. The lowest BCUT2D eigenvalue weighted by molar-refractivity contribution is -0.797. The molecular formula is C35H38NO5+. The molecule has 0 spiro atoms. The number of rotatable bonds is 9. The molecule has 1 saturated carbocycles. The summed E-state index contributed by atoms with van der Waals surface area (Å²) < 4.78 is 30.7. The first kappa shape index (κ1) is 27.2. The Hall–Kier alpha value is -4.00. The van der Waals surface area contributed by atoms with E-state index >= 15 is 0 Å². The van der Waals surface area contributed by atoms with Crippen molar-refractivity contribution in [3.05, 3.63) is 107 Å². The third kappa shape index (κ3) is 4.81. The molecule has 0 saturated heterocycles. The van der Waals surface area contributed by atoms with E-state index in [0.29, 0.717) is 6.61 Å². The molecule has 4 aromatic carbocycles. The van der Waals surface area contributed by atoms with E-state index in [1.54, 1.807) is 28.4 Å². The van der Waals surface area contributed by atoms with Crippen molar-refractivity contribution < 1.29 is 28.6 Å². The van der Waals surface area contributed by atoms with Crippen LogP contribution in [0.1, 0.15) is 47.4 Å². The van der Waals surface area contributed by atoms with Gasteiger partial charge in [0.25, 0.3) is 0 Å². The van der Waals surface area contributed by atoms with Crippen LogP contribution in [-0.2, 0) is 11.3 Å². The van der Waals surface area contributed by atoms with Gasteiger partial charge in [0, 0.05) is 24.1 Å². The molecule has 41 heavy (non-hydrogen) atoms. The molecule has 1 N–H and O–H groups in total. The van der Waals surface area contributed by atoms with Crippen LogP contribution in [0.3, 0.4) is 0 Å². The zero-order valence-corrected chi connectivity index (χ0v) is 24.2. The number of hydrogen-bond acceptors (Lipinski definition) is 5. The van der Waals surface area contributed by atoms with Gasteiger partial charge in [-0.25, -0.2) is 0 Å². The minimum Gasteiger partial charge on any atom is -0.496 e. The van der Waals surface area contributed by atoms with Gasteiger partial charge in [0.15, 0.2) is 0 Å². The molecule has 6 nitrogen and oxygen atoms in total. The van der Waals surface area contributed by atoms with E-state index in [-0.39, 0.29) is 18.1 Å². The van der Waals surface area contributed by atoms with Gasteiger partial charge in [0.2, 0.25) is 0 Å². The molecule has 2 atom stereocenters. The minimum atomic E-state index is -0.229. The Kier molecular flexibility index (Phi) is 7.86. The number of quaternary nitrogens is 1. The first-order valence-electron chi connectivity index (χ1n) is 14.3. The fraction of sp³-hybridized carbons (Fsp3) is 0.314. The molecule has 0 bridgehead atoms. The molecule has 1 aliphatic carbocycles. The molecule has 0 radical (unpaired) electrons. The van der Waals surface area contributed by atoms with Gasteiger partial charge in [-0.1, -0.05) is 48.5 Å². The number of nitrogens with one attached hydrogen (secondary N) is 1. The maximum Gasteiger partial charge on any atom is 0.144 e. The molecular weight excluding hydrogens is 514 g/mol. The summed E-state index contributed by atoms with van der Waals surface area (Å²) >= 11 is 0. The van der Waals surface area contributed by atoms with Gasteiger partial charge in [0.05, 0.1) is 52.1 Å². The first-order valence-corrected chi connectivity index (χ1v) is 14.3. The van der Waals surface area contributed by atoms with Gasteiger partial charge < -0.3 is 23.7 Å². The van der Waals surface area contributed by atoms with Gasteiger partial charge in [-0.2, -0.15) is 0 Å². The molecule has 212 valence electrons. The Morgan fingerprint density at radius 1 is 0.585 bits per heavy atom. The van der Waals surface area contributed by atoms with E-state index < -0.39 is 0 Å². The summed E-state index contributed by atoms with van der Waals surface area (Å²) in [5.41, 5.74) is 6.71. The number of benzene rings is 4. The summed E-state index contributed by atoms with van der Waals surface area (Å²) in [4.78, 5) is 1.30. The maximum absolute atomic E-state index is 6.66. The predicted molar refractivity (Wildman–Crippen MR) is 159 cm³/mol. The summed E-state index contributed by atoms with van der Waals surface area (Å²) in [6.45, 7) is 0.603. The summed E-state index contributed by atoms with van der Waals surface area (Å²) in [6.07, 6.45) is 3.32. The second-order valence-corrected chi connectivity index (χ2v) is 10.6. The lowest BCUT2D eigenvalue weighted by atomic mass is 9.77. The highest BCUT2D eigenvalue weighted by molar-refractivity contribution is 5.72. The van der Waals surface area contributed by atoms with E-state index in [9.17, 15) is 0 Å². The Balaban J connectivity index is 1.55. The van der Waals surface area contributed by atoms with E-state index in [4.69, 9.17) is 23.7 Å². The van der Waals surface area contributed by atoms with Crippen molar-refractivity contribution in [2.45, 2.75) is 43.9 Å². The summed E-state index contributed by atoms with van der Waals surface area (Å²) in [6, 6.07) is 29.3. The molecule has 1 heterocycles. The molecule has 2 unspecified atom stereocenters. The second kappa shape index (κ2) is 11.9. The summed E-state index contributed by atoms with van der Waals surface area (Å²) in [5, 5.41) is 0. The van der Waals surface area contributed by atoms with Crippen molar-refractivity contribution in [1.82, 2.24) is 0 Å². The van der Waals surface area contributed by atoms with Crippen molar-refractivity contribution >= 4 is 11.4 Å². The largest absolute Gasteiger partial charge is 0.496 e. The van der Waals surface area contributed by atoms with Crippen molar-refractivity contribution in [3.63, 3.8) is 0 Å². The van der Waals surface area contributed by atoms with Crippen molar-refractivity contribution in [3.8, 4) is 23.0 Å². The van der Waals surface area contributed by atoms with Crippen LogP contribution in [-0.4, -0.2) is 40.6 Å². The molecule has 0 amide bonds. The molecule has 0 aromatic heterocycles. The van der Waals surface area contributed by atoms with E-state index in [0.717, 1.165) is 59.0 Å². The fourth-order valence-corrected chi connectivity index (χ4v) is 6.88. The third-order valence-corrected chi connectivity index (χ3v) is 8.61. The monoisotopic (exact) mass is 552 g/mol. The number of fused-ring (bicyclic) bond motifs is 2. The average Bonchev–Trinajstić information content (AvgIpc) is 3.50. The van der Waals surface area contributed by atoms with Crippen LogP contribution in [0.5, 0.6) is 23.0 Å². The Morgan fingerprint density at radius 2 is 1.10 bits per heavy atom. The molecule has 1 aliphatic heterocycles. The highest BCUT2D eigenvalue weighted by Gasteiger charge is 2.48. The number of ether oxygens (including phenoxy) is 5. The topological polar surface area (TPSA) is 50.6 Å². The molecule has 2 aliphatic rings. The van der Waals surface area contributed by atoms with Crippen LogP contribution in [0.4, 0.5) is 11.4 Å². The Labute approximate surface area is 242 Å². The van der Waals surface area contributed by atoms with E-state index in [2.05, 4.69) is 48.5 Å². The van der Waals surface area contributed by atoms with Gasteiger partial charge in [-0.05, 0) is 42.7 Å². The van der Waals surface area contributed by atoms with Crippen LogP contribution in [0.25, 0.3) is 0 Å².